The van der Waals surface area contributed by atoms with Gasteiger partial charge in [0.2, 0.25) is 0 Å². The molecule has 0 saturated heterocycles. The molecule has 1 heterocycles. The van der Waals surface area contributed by atoms with Crippen molar-refractivity contribution in [3.05, 3.63) is 41.7 Å². The molecule has 5 nitrogen and oxygen atoms in total. The van der Waals surface area contributed by atoms with Crippen LogP contribution in [0.1, 0.15) is 18.1 Å². The Morgan fingerprint density at radius 2 is 2.05 bits per heavy atom. The highest BCUT2D eigenvalue weighted by molar-refractivity contribution is 5.42. The molecule has 0 unspecified atom stereocenters. The monoisotopic (exact) mass is 261 g/mol. The molecular weight excluding hydrogens is 242 g/mol. The van der Waals surface area contributed by atoms with Gasteiger partial charge in [0.05, 0.1) is 19.9 Å². The average molecular weight is 261 g/mol. The summed E-state index contributed by atoms with van der Waals surface area (Å²) in [5.41, 5.74) is 2.30. The van der Waals surface area contributed by atoms with Crippen molar-refractivity contribution in [3.8, 4) is 11.5 Å². The van der Waals surface area contributed by atoms with Crippen molar-refractivity contribution in [1.82, 2.24) is 15.5 Å². The number of hydrogen-bond acceptors (Lipinski definition) is 4. The molecule has 0 spiro atoms. The maximum atomic E-state index is 5.55. The summed E-state index contributed by atoms with van der Waals surface area (Å²) in [5.74, 6) is 1.55. The third-order valence-corrected chi connectivity index (χ3v) is 2.74. The molecule has 0 radical (unpaired) electrons. The van der Waals surface area contributed by atoms with Crippen molar-refractivity contribution in [2.45, 2.75) is 20.0 Å². The van der Waals surface area contributed by atoms with Gasteiger partial charge in [-0.2, -0.15) is 5.10 Å². The fourth-order valence-electron chi connectivity index (χ4n) is 1.82. The number of ether oxygens (including phenoxy) is 2. The molecule has 1 aromatic carbocycles. The Bertz CT molecular complexity index is 497. The predicted octanol–water partition coefficient (Wildman–Crippen LogP) is 2.11. The first kappa shape index (κ1) is 13.4. The summed E-state index contributed by atoms with van der Waals surface area (Å²) in [6.45, 7) is 4.15. The minimum Gasteiger partial charge on any atom is -0.493 e. The molecule has 0 amide bonds. The zero-order chi connectivity index (χ0) is 13.5. The summed E-state index contributed by atoms with van der Waals surface area (Å²) in [7, 11) is 1.65. The summed E-state index contributed by atoms with van der Waals surface area (Å²) in [5, 5.41) is 10.1. The average Bonchev–Trinajstić information content (AvgIpc) is 2.93. The van der Waals surface area contributed by atoms with Gasteiger partial charge in [0.25, 0.3) is 0 Å². The van der Waals surface area contributed by atoms with Crippen LogP contribution in [0.15, 0.2) is 30.6 Å². The van der Waals surface area contributed by atoms with Crippen LogP contribution < -0.4 is 14.8 Å². The quantitative estimate of drug-likeness (QED) is 0.801. The lowest BCUT2D eigenvalue weighted by atomic mass is 10.2. The van der Waals surface area contributed by atoms with Gasteiger partial charge in [-0.25, -0.2) is 0 Å². The summed E-state index contributed by atoms with van der Waals surface area (Å²) >= 11 is 0. The van der Waals surface area contributed by atoms with Gasteiger partial charge in [0.1, 0.15) is 0 Å². The van der Waals surface area contributed by atoms with E-state index in [2.05, 4.69) is 15.5 Å². The van der Waals surface area contributed by atoms with Crippen molar-refractivity contribution in [1.29, 1.82) is 0 Å². The normalized spacial score (nSPS) is 10.4. The molecule has 0 aliphatic rings. The number of rotatable bonds is 7. The first-order valence-corrected chi connectivity index (χ1v) is 6.31. The van der Waals surface area contributed by atoms with E-state index in [1.165, 1.54) is 0 Å². The number of H-pyrrole nitrogens is 1. The number of aromatic amines is 1. The molecule has 0 aliphatic heterocycles. The van der Waals surface area contributed by atoms with Crippen molar-refractivity contribution < 1.29 is 9.47 Å². The van der Waals surface area contributed by atoms with Gasteiger partial charge >= 0.3 is 0 Å². The highest BCUT2D eigenvalue weighted by Gasteiger charge is 2.05. The second-order valence-electron chi connectivity index (χ2n) is 4.13. The zero-order valence-corrected chi connectivity index (χ0v) is 11.3. The van der Waals surface area contributed by atoms with Crippen molar-refractivity contribution in [2.75, 3.05) is 13.7 Å². The van der Waals surface area contributed by atoms with E-state index >= 15 is 0 Å². The van der Waals surface area contributed by atoms with Crippen LogP contribution in [0.3, 0.4) is 0 Å². The SMILES string of the molecule is CCOc1cc(CNCc2cn[nH]c2)ccc1OC. The van der Waals surface area contributed by atoms with Crippen LogP contribution in [0.25, 0.3) is 0 Å². The summed E-state index contributed by atoms with van der Waals surface area (Å²) in [4.78, 5) is 0. The molecule has 2 N–H and O–H groups in total. The van der Waals surface area contributed by atoms with Gasteiger partial charge < -0.3 is 14.8 Å². The van der Waals surface area contributed by atoms with E-state index in [0.717, 1.165) is 35.7 Å². The largest absolute Gasteiger partial charge is 0.493 e. The third-order valence-electron chi connectivity index (χ3n) is 2.74. The first-order valence-electron chi connectivity index (χ1n) is 6.31. The lowest BCUT2D eigenvalue weighted by molar-refractivity contribution is 0.310. The van der Waals surface area contributed by atoms with Gasteiger partial charge in [-0.05, 0) is 24.6 Å². The summed E-state index contributed by atoms with van der Waals surface area (Å²) < 4.78 is 10.8. The molecule has 0 saturated carbocycles. The second kappa shape index (κ2) is 6.80. The predicted molar refractivity (Wildman–Crippen MR) is 73.3 cm³/mol. The van der Waals surface area contributed by atoms with Gasteiger partial charge in [-0.15, -0.1) is 0 Å². The Kier molecular flexibility index (Phi) is 4.80. The minimum absolute atomic E-state index is 0.627. The topological polar surface area (TPSA) is 59.2 Å². The molecule has 0 atom stereocenters. The smallest absolute Gasteiger partial charge is 0.161 e. The first-order chi connectivity index (χ1) is 9.33. The Labute approximate surface area is 112 Å². The van der Waals surface area contributed by atoms with Crippen LogP contribution in [0.4, 0.5) is 0 Å². The number of benzene rings is 1. The van der Waals surface area contributed by atoms with Crippen LogP contribution in [0, 0.1) is 0 Å². The summed E-state index contributed by atoms with van der Waals surface area (Å²) in [6.07, 6.45) is 3.69. The van der Waals surface area contributed by atoms with E-state index < -0.39 is 0 Å². The molecule has 1 aromatic heterocycles. The van der Waals surface area contributed by atoms with Gasteiger partial charge in [-0.3, -0.25) is 5.10 Å². The lowest BCUT2D eigenvalue weighted by Gasteiger charge is -2.11. The number of aromatic nitrogens is 2. The van der Waals surface area contributed by atoms with Crippen LogP contribution >= 0.6 is 0 Å². The second-order valence-corrected chi connectivity index (χ2v) is 4.13. The van der Waals surface area contributed by atoms with E-state index in [4.69, 9.17) is 9.47 Å². The maximum Gasteiger partial charge on any atom is 0.161 e. The van der Waals surface area contributed by atoms with Gasteiger partial charge in [0.15, 0.2) is 11.5 Å². The Morgan fingerprint density at radius 3 is 2.74 bits per heavy atom. The fourth-order valence-corrected chi connectivity index (χ4v) is 1.82. The fraction of sp³-hybridized carbons (Fsp3) is 0.357. The Hall–Kier alpha value is -2.01. The molecule has 5 heteroatoms. The molecule has 2 rings (SSSR count). The molecule has 102 valence electrons. The molecule has 0 aliphatic carbocycles. The maximum absolute atomic E-state index is 5.55. The van der Waals surface area contributed by atoms with Crippen LogP contribution in [-0.4, -0.2) is 23.9 Å². The highest BCUT2D eigenvalue weighted by atomic mass is 16.5. The van der Waals surface area contributed by atoms with Crippen LogP contribution in [0.5, 0.6) is 11.5 Å². The molecule has 2 aromatic rings. The van der Waals surface area contributed by atoms with Crippen LogP contribution in [0.2, 0.25) is 0 Å². The Morgan fingerprint density at radius 1 is 1.21 bits per heavy atom. The Balaban J connectivity index is 1.94. The molecule has 19 heavy (non-hydrogen) atoms. The highest BCUT2D eigenvalue weighted by Crippen LogP contribution is 2.27. The molecule has 0 fully saturated rings. The minimum atomic E-state index is 0.627. The van der Waals surface area contributed by atoms with Crippen molar-refractivity contribution in [2.24, 2.45) is 0 Å². The van der Waals surface area contributed by atoms with E-state index in [9.17, 15) is 0 Å². The number of hydrogen-bond donors (Lipinski definition) is 2. The molecular formula is C14H19N3O2. The van der Waals surface area contributed by atoms with Crippen LogP contribution in [-0.2, 0) is 13.1 Å². The third kappa shape index (κ3) is 3.72. The van der Waals surface area contributed by atoms with Gasteiger partial charge in [0, 0.05) is 24.8 Å². The summed E-state index contributed by atoms with van der Waals surface area (Å²) in [6, 6.07) is 5.97. The van der Waals surface area contributed by atoms with E-state index in [1.807, 2.05) is 37.5 Å². The van der Waals surface area contributed by atoms with E-state index in [-0.39, 0.29) is 0 Å². The van der Waals surface area contributed by atoms with Crippen molar-refractivity contribution in [3.63, 3.8) is 0 Å². The van der Waals surface area contributed by atoms with E-state index in [1.54, 1.807) is 7.11 Å². The lowest BCUT2D eigenvalue weighted by Crippen LogP contribution is -2.12. The van der Waals surface area contributed by atoms with Crippen molar-refractivity contribution >= 4 is 0 Å². The number of nitrogens with zero attached hydrogens (tertiary/aromatic N) is 1. The van der Waals surface area contributed by atoms with E-state index in [0.29, 0.717) is 6.61 Å². The standard InChI is InChI=1S/C14H19N3O2/c1-3-19-14-6-11(4-5-13(14)18-2)7-15-8-12-9-16-17-10-12/h4-6,9-10,15H,3,7-8H2,1-2H3,(H,16,17). The number of methoxy groups -OCH3 is 1. The zero-order valence-electron chi connectivity index (χ0n) is 11.3. The molecule has 0 bridgehead atoms. The number of nitrogens with one attached hydrogen (secondary N) is 2. The van der Waals surface area contributed by atoms with Gasteiger partial charge in [-0.1, -0.05) is 6.07 Å².